The Labute approximate surface area is 91.2 Å². The molecule has 0 rings (SSSR count). The summed E-state index contributed by atoms with van der Waals surface area (Å²) >= 11 is 0. The summed E-state index contributed by atoms with van der Waals surface area (Å²) in [5.41, 5.74) is 0. The van der Waals surface area contributed by atoms with Crippen molar-refractivity contribution in [3.63, 3.8) is 0 Å². The predicted octanol–water partition coefficient (Wildman–Crippen LogP) is -3.66. The quantitative estimate of drug-likeness (QED) is 0.280. The molecule has 27 valence electrons. The minimum Gasteiger partial charge on any atom is 0 e. The van der Waals surface area contributed by atoms with Gasteiger partial charge >= 0.3 is 69.3 Å². The molecule has 0 saturated carbocycles. The third-order valence-electron chi connectivity index (χ3n) is 0. The molecule has 0 fully saturated rings. The summed E-state index contributed by atoms with van der Waals surface area (Å²) in [6.45, 7) is 0. The Hall–Kier alpha value is 3.07. The van der Waals surface area contributed by atoms with Crippen molar-refractivity contribution in [1.29, 1.82) is 0 Å². The van der Waals surface area contributed by atoms with Crippen molar-refractivity contribution < 1.29 is 0 Å². The summed E-state index contributed by atoms with van der Waals surface area (Å²) in [4.78, 5) is 0. The summed E-state index contributed by atoms with van der Waals surface area (Å²) in [5.74, 6) is 0. The van der Waals surface area contributed by atoms with Gasteiger partial charge in [-0.25, -0.2) is 0 Å². The maximum Gasteiger partial charge on any atom is 0 e. The monoisotopic (exact) mass is 541 g/mol. The van der Waals surface area contributed by atoms with Gasteiger partial charge in [0.1, 0.15) is 0 Å². The maximum atomic E-state index is 0. The van der Waals surface area contributed by atoms with Crippen LogP contribution < -0.4 is 0 Å². The minimum atomic E-state index is 0. The molecule has 4 heavy (non-hydrogen) atoms. The van der Waals surface area contributed by atoms with Crippen molar-refractivity contribution in [2.75, 3.05) is 0 Å². The second-order valence-corrected chi connectivity index (χ2v) is 0. The molecule has 0 saturated heterocycles. The molecule has 0 heterocycles. The van der Waals surface area contributed by atoms with Gasteiger partial charge in [-0.2, -0.15) is 0 Å². The van der Waals surface area contributed by atoms with Gasteiger partial charge in [0.05, 0.1) is 0 Å². The van der Waals surface area contributed by atoms with Crippen LogP contribution in [0.25, 0.3) is 0 Å². The average Bonchev–Trinajstić information content (AvgIpc) is 0. The first-order valence-corrected chi connectivity index (χ1v) is 0. The number of hydrogen-bond donors (Lipinski definition) is 0. The topological polar surface area (TPSA) is 0 Å². The molecule has 0 N–H and O–H groups in total. The van der Waals surface area contributed by atoms with E-state index in [-0.39, 0.29) is 93.0 Å². The van der Waals surface area contributed by atoms with Gasteiger partial charge in [-0.15, -0.1) is 0 Å². The molecule has 0 nitrogen and oxygen atoms in total. The molecule has 0 aliphatic rings. The van der Waals surface area contributed by atoms with E-state index in [1.807, 2.05) is 0 Å². The van der Waals surface area contributed by atoms with Crippen LogP contribution in [0.5, 0.6) is 0 Å². The van der Waals surface area contributed by atoms with Crippen molar-refractivity contribution in [3.05, 3.63) is 0 Å². The van der Waals surface area contributed by atoms with E-state index in [2.05, 4.69) is 0 Å². The van der Waals surface area contributed by atoms with Crippen molar-refractivity contribution in [2.24, 2.45) is 0 Å². The third-order valence-corrected chi connectivity index (χ3v) is 0. The molecule has 0 aromatic heterocycles. The first-order chi connectivity index (χ1) is 0. The van der Waals surface area contributed by atoms with E-state index < -0.39 is 0 Å². The van der Waals surface area contributed by atoms with Crippen molar-refractivity contribution >= 4 is 93.0 Å². The van der Waals surface area contributed by atoms with Crippen LogP contribution in [-0.2, 0) is 0 Å². The molecule has 0 aliphatic carbocycles. The second-order valence-electron chi connectivity index (χ2n) is 0. The maximum absolute atomic E-state index is 0. The summed E-state index contributed by atoms with van der Waals surface area (Å²) in [5, 5.41) is 0. The van der Waals surface area contributed by atoms with E-state index >= 15 is 0 Å². The van der Waals surface area contributed by atoms with Crippen LogP contribution in [0.15, 0.2) is 0 Å². The molecule has 0 bridgehead atoms. The molecule has 5 radical (unpaired) electrons. The van der Waals surface area contributed by atoms with Gasteiger partial charge in [-0.3, -0.25) is 0 Å². The van der Waals surface area contributed by atoms with Crippen molar-refractivity contribution in [3.8, 4) is 0 Å². The first-order valence-electron chi connectivity index (χ1n) is 0. The van der Waals surface area contributed by atoms with Crippen LogP contribution in [0.3, 0.4) is 0 Å². The van der Waals surface area contributed by atoms with Crippen molar-refractivity contribution in [1.82, 2.24) is 0 Å². The Kier molecular flexibility index (Phi) is 114. The molecular formula is H8GePbSbTe. The summed E-state index contributed by atoms with van der Waals surface area (Å²) in [7, 11) is 0. The van der Waals surface area contributed by atoms with Gasteiger partial charge in [-0.1, -0.05) is 0 Å². The molecule has 0 unspecified atom stereocenters. The van der Waals surface area contributed by atoms with Crippen molar-refractivity contribution in [2.45, 2.75) is 0 Å². The Morgan fingerprint density at radius 2 is 1.00 bits per heavy atom. The van der Waals surface area contributed by atoms with Crippen LogP contribution in [0.1, 0.15) is 0 Å². The van der Waals surface area contributed by atoms with Gasteiger partial charge in [0.2, 0.25) is 0 Å². The molecule has 0 aliphatic heterocycles. The first kappa shape index (κ1) is 27.6. The predicted molar refractivity (Wildman–Crippen MR) is 34.2 cm³/mol. The van der Waals surface area contributed by atoms with Gasteiger partial charge in [0.25, 0.3) is 0 Å². The van der Waals surface area contributed by atoms with Crippen LogP contribution in [-0.4, -0.2) is 93.0 Å². The fourth-order valence-corrected chi connectivity index (χ4v) is 0. The smallest absolute Gasteiger partial charge is 0 e. The van der Waals surface area contributed by atoms with E-state index in [1.54, 1.807) is 0 Å². The standard InChI is InChI=1S/GeH4.Pb.Sb.Te.4H/h1H4;;;;;;;. The Morgan fingerprint density at radius 3 is 1.00 bits per heavy atom. The largest absolute Gasteiger partial charge is 0 e. The van der Waals surface area contributed by atoms with Gasteiger partial charge in [0.15, 0.2) is 0 Å². The minimum absolute atomic E-state index is 0. The van der Waals surface area contributed by atoms with E-state index in [0.717, 1.165) is 0 Å². The second kappa shape index (κ2) is 16.6. The van der Waals surface area contributed by atoms with Crippen LogP contribution in [0.2, 0.25) is 0 Å². The Balaban J connectivity index is 0. The van der Waals surface area contributed by atoms with E-state index in [0.29, 0.717) is 0 Å². The fourth-order valence-electron chi connectivity index (χ4n) is 0. The van der Waals surface area contributed by atoms with Gasteiger partial charge < -0.3 is 0 Å². The van der Waals surface area contributed by atoms with Gasteiger partial charge in [0, 0.05) is 23.7 Å². The molecule has 0 amide bonds. The molecule has 4 heteroatoms. The molecule has 0 atom stereocenters. The molecule has 0 aromatic carbocycles. The molecule has 0 aromatic rings. The molecule has 0 spiro atoms. The zero-order valence-electron chi connectivity index (χ0n) is 1.69. The average molecular weight is 537 g/mol. The normalized spacial score (nSPS) is 0. The third kappa shape index (κ3) is 8.91. The fraction of sp³-hybridized carbons (Fsp3) is 0. The van der Waals surface area contributed by atoms with Crippen LogP contribution in [0.4, 0.5) is 0 Å². The summed E-state index contributed by atoms with van der Waals surface area (Å²) in [6, 6.07) is 0. The van der Waals surface area contributed by atoms with E-state index in [4.69, 9.17) is 0 Å². The van der Waals surface area contributed by atoms with E-state index in [1.165, 1.54) is 0 Å². The SMILES string of the molecule is [GeH4].[PbH].[SbH3].[Te]. The van der Waals surface area contributed by atoms with Crippen LogP contribution >= 0.6 is 0 Å². The zero-order valence-corrected chi connectivity index (χ0v) is 12.5. The van der Waals surface area contributed by atoms with Crippen LogP contribution in [0, 0.1) is 0 Å². The number of hydrogen-bond acceptors (Lipinski definition) is 0. The Morgan fingerprint density at radius 1 is 1.00 bits per heavy atom. The van der Waals surface area contributed by atoms with E-state index in [9.17, 15) is 0 Å². The Bertz CT molecular complexity index is 8.00. The number of rotatable bonds is 0. The van der Waals surface area contributed by atoms with Gasteiger partial charge in [-0.05, 0) is 0 Å². The molecular weight excluding hydrogens is 529 g/mol. The zero-order chi connectivity index (χ0) is 0. The summed E-state index contributed by atoms with van der Waals surface area (Å²) in [6.07, 6.45) is 0. The summed E-state index contributed by atoms with van der Waals surface area (Å²) < 4.78 is 0.